The Hall–Kier alpha value is -1.77. The number of pyridine rings is 1. The van der Waals surface area contributed by atoms with E-state index in [1.165, 1.54) is 0 Å². The molecule has 0 atom stereocenters. The number of hydrogen-bond acceptors (Lipinski definition) is 3. The molecule has 0 aromatic carbocycles. The standard InChI is InChI=1S/C14H17NO2/c1-14(2,3)10-17-12-7-11(8-15-9-12)13-5-4-6-16-13/h4-9H,10H2,1-3H3. The highest BCUT2D eigenvalue weighted by Gasteiger charge is 2.11. The van der Waals surface area contributed by atoms with Crippen LogP contribution in [0, 0.1) is 5.41 Å². The SMILES string of the molecule is CC(C)(C)COc1cncc(-c2ccco2)c1. The number of aromatic nitrogens is 1. The molecule has 0 saturated heterocycles. The molecule has 90 valence electrons. The molecular formula is C14H17NO2. The van der Waals surface area contributed by atoms with Gasteiger partial charge in [0.25, 0.3) is 0 Å². The van der Waals surface area contributed by atoms with E-state index >= 15 is 0 Å². The van der Waals surface area contributed by atoms with Crippen LogP contribution in [0.1, 0.15) is 20.8 Å². The Kier molecular flexibility index (Phi) is 3.18. The lowest BCUT2D eigenvalue weighted by Crippen LogP contribution is -2.16. The normalized spacial score (nSPS) is 11.5. The second kappa shape index (κ2) is 4.62. The fourth-order valence-electron chi connectivity index (χ4n) is 1.38. The molecule has 2 aromatic rings. The summed E-state index contributed by atoms with van der Waals surface area (Å²) < 4.78 is 11.0. The van der Waals surface area contributed by atoms with Crippen molar-refractivity contribution in [2.24, 2.45) is 5.41 Å². The van der Waals surface area contributed by atoms with Gasteiger partial charge in [-0.3, -0.25) is 4.98 Å². The van der Waals surface area contributed by atoms with Gasteiger partial charge in [0.15, 0.2) is 0 Å². The van der Waals surface area contributed by atoms with Gasteiger partial charge < -0.3 is 9.15 Å². The molecule has 17 heavy (non-hydrogen) atoms. The fraction of sp³-hybridized carbons (Fsp3) is 0.357. The third-order valence-corrected chi connectivity index (χ3v) is 2.19. The van der Waals surface area contributed by atoms with Gasteiger partial charge in [-0.15, -0.1) is 0 Å². The predicted molar refractivity (Wildman–Crippen MR) is 66.9 cm³/mol. The molecule has 2 heterocycles. The van der Waals surface area contributed by atoms with Gasteiger partial charge in [-0.1, -0.05) is 20.8 Å². The molecule has 0 unspecified atom stereocenters. The zero-order chi connectivity index (χ0) is 12.3. The third-order valence-electron chi connectivity index (χ3n) is 2.19. The van der Waals surface area contributed by atoms with Gasteiger partial charge in [0.2, 0.25) is 0 Å². The Balaban J connectivity index is 2.12. The van der Waals surface area contributed by atoms with Gasteiger partial charge in [-0.2, -0.15) is 0 Å². The molecule has 0 radical (unpaired) electrons. The first kappa shape index (κ1) is 11.7. The summed E-state index contributed by atoms with van der Waals surface area (Å²) in [5.74, 6) is 1.58. The first-order chi connectivity index (χ1) is 8.04. The van der Waals surface area contributed by atoms with Crippen LogP contribution in [0.15, 0.2) is 41.3 Å². The van der Waals surface area contributed by atoms with Crippen LogP contribution in [0.2, 0.25) is 0 Å². The number of furan rings is 1. The number of hydrogen-bond donors (Lipinski definition) is 0. The van der Waals surface area contributed by atoms with Gasteiger partial charge in [-0.05, 0) is 23.6 Å². The molecule has 3 nitrogen and oxygen atoms in total. The molecule has 3 heteroatoms. The van der Waals surface area contributed by atoms with Crippen molar-refractivity contribution in [3.05, 3.63) is 36.9 Å². The minimum atomic E-state index is 0.140. The van der Waals surface area contributed by atoms with Crippen LogP contribution in [0.25, 0.3) is 11.3 Å². The van der Waals surface area contributed by atoms with Crippen LogP contribution in [-0.4, -0.2) is 11.6 Å². The fourth-order valence-corrected chi connectivity index (χ4v) is 1.38. The van der Waals surface area contributed by atoms with E-state index in [1.807, 2.05) is 18.2 Å². The molecule has 0 N–H and O–H groups in total. The monoisotopic (exact) mass is 231 g/mol. The quantitative estimate of drug-likeness (QED) is 0.806. The average molecular weight is 231 g/mol. The summed E-state index contributed by atoms with van der Waals surface area (Å²) >= 11 is 0. The van der Waals surface area contributed by atoms with Crippen molar-refractivity contribution < 1.29 is 9.15 Å². The smallest absolute Gasteiger partial charge is 0.138 e. The summed E-state index contributed by atoms with van der Waals surface area (Å²) in [6, 6.07) is 5.71. The van der Waals surface area contributed by atoms with Crippen molar-refractivity contribution in [1.29, 1.82) is 0 Å². The van der Waals surface area contributed by atoms with Crippen LogP contribution in [0.4, 0.5) is 0 Å². The zero-order valence-corrected chi connectivity index (χ0v) is 10.4. The predicted octanol–water partition coefficient (Wildman–Crippen LogP) is 3.77. The van der Waals surface area contributed by atoms with Gasteiger partial charge in [0.1, 0.15) is 11.5 Å². The molecule has 2 rings (SSSR count). The molecular weight excluding hydrogens is 214 g/mol. The minimum Gasteiger partial charge on any atom is -0.491 e. The molecule has 0 aliphatic carbocycles. The van der Waals surface area contributed by atoms with E-state index in [-0.39, 0.29) is 5.41 Å². The maximum atomic E-state index is 5.70. The van der Waals surface area contributed by atoms with E-state index in [9.17, 15) is 0 Å². The van der Waals surface area contributed by atoms with Gasteiger partial charge in [0, 0.05) is 11.8 Å². The highest BCUT2D eigenvalue weighted by atomic mass is 16.5. The Morgan fingerprint density at radius 2 is 2.12 bits per heavy atom. The van der Waals surface area contributed by atoms with Crippen molar-refractivity contribution in [2.75, 3.05) is 6.61 Å². The number of rotatable bonds is 3. The van der Waals surface area contributed by atoms with Crippen LogP contribution in [-0.2, 0) is 0 Å². The summed E-state index contributed by atoms with van der Waals surface area (Å²) in [6.45, 7) is 7.07. The zero-order valence-electron chi connectivity index (χ0n) is 10.4. The molecule has 0 bridgehead atoms. The molecule has 0 aliphatic heterocycles. The summed E-state index contributed by atoms with van der Waals surface area (Å²) in [6.07, 6.45) is 5.14. The Bertz CT molecular complexity index is 469. The highest BCUT2D eigenvalue weighted by molar-refractivity contribution is 5.57. The number of nitrogens with zero attached hydrogens (tertiary/aromatic N) is 1. The first-order valence-electron chi connectivity index (χ1n) is 5.66. The van der Waals surface area contributed by atoms with Crippen molar-refractivity contribution in [3.8, 4) is 17.1 Å². The third kappa shape index (κ3) is 3.34. The van der Waals surface area contributed by atoms with Gasteiger partial charge in [-0.25, -0.2) is 0 Å². The minimum absolute atomic E-state index is 0.140. The van der Waals surface area contributed by atoms with E-state index in [1.54, 1.807) is 18.7 Å². The van der Waals surface area contributed by atoms with Crippen molar-refractivity contribution in [2.45, 2.75) is 20.8 Å². The summed E-state index contributed by atoms with van der Waals surface area (Å²) in [7, 11) is 0. The van der Waals surface area contributed by atoms with E-state index in [2.05, 4.69) is 25.8 Å². The summed E-state index contributed by atoms with van der Waals surface area (Å²) in [5.41, 5.74) is 1.07. The average Bonchev–Trinajstić information content (AvgIpc) is 2.79. The summed E-state index contributed by atoms with van der Waals surface area (Å²) in [4.78, 5) is 4.16. The number of ether oxygens (including phenoxy) is 1. The van der Waals surface area contributed by atoms with Crippen molar-refractivity contribution in [1.82, 2.24) is 4.98 Å². The largest absolute Gasteiger partial charge is 0.491 e. The van der Waals surface area contributed by atoms with Gasteiger partial charge in [0.05, 0.1) is 19.1 Å². The van der Waals surface area contributed by atoms with E-state index in [0.29, 0.717) is 6.61 Å². The molecule has 0 aliphatic rings. The Labute approximate surface area is 101 Å². The highest BCUT2D eigenvalue weighted by Crippen LogP contribution is 2.24. The van der Waals surface area contributed by atoms with Crippen LogP contribution in [0.5, 0.6) is 5.75 Å². The second-order valence-electron chi connectivity index (χ2n) is 5.24. The maximum Gasteiger partial charge on any atom is 0.138 e. The first-order valence-corrected chi connectivity index (χ1v) is 5.66. The Morgan fingerprint density at radius 3 is 2.76 bits per heavy atom. The summed E-state index contributed by atoms with van der Waals surface area (Å²) in [5, 5.41) is 0. The van der Waals surface area contributed by atoms with Crippen LogP contribution in [0.3, 0.4) is 0 Å². The van der Waals surface area contributed by atoms with E-state index in [0.717, 1.165) is 17.1 Å². The van der Waals surface area contributed by atoms with Crippen molar-refractivity contribution >= 4 is 0 Å². The molecule has 2 aromatic heterocycles. The lowest BCUT2D eigenvalue weighted by Gasteiger charge is -2.18. The molecule has 0 saturated carbocycles. The van der Waals surface area contributed by atoms with E-state index in [4.69, 9.17) is 9.15 Å². The van der Waals surface area contributed by atoms with Crippen LogP contribution < -0.4 is 4.74 Å². The topological polar surface area (TPSA) is 35.3 Å². The van der Waals surface area contributed by atoms with Gasteiger partial charge >= 0.3 is 0 Å². The van der Waals surface area contributed by atoms with E-state index < -0.39 is 0 Å². The molecule has 0 spiro atoms. The Morgan fingerprint density at radius 1 is 1.29 bits per heavy atom. The second-order valence-corrected chi connectivity index (χ2v) is 5.24. The maximum absolute atomic E-state index is 5.70. The molecule has 0 amide bonds. The lowest BCUT2D eigenvalue weighted by atomic mass is 9.99. The van der Waals surface area contributed by atoms with Crippen molar-refractivity contribution in [3.63, 3.8) is 0 Å². The lowest BCUT2D eigenvalue weighted by molar-refractivity contribution is 0.197. The molecule has 0 fully saturated rings. The van der Waals surface area contributed by atoms with Crippen LogP contribution >= 0.6 is 0 Å².